The number of amides is 1. The van der Waals surface area contributed by atoms with E-state index in [0.717, 1.165) is 4.90 Å². The van der Waals surface area contributed by atoms with Crippen LogP contribution >= 0.6 is 0 Å². The normalized spacial score (nSPS) is 15.2. The van der Waals surface area contributed by atoms with E-state index >= 15 is 0 Å². The number of ether oxygens (including phenoxy) is 1. The molecule has 1 aliphatic rings. The van der Waals surface area contributed by atoms with Crippen LogP contribution < -0.4 is 9.64 Å². The van der Waals surface area contributed by atoms with Crippen LogP contribution in [0.1, 0.15) is 16.8 Å². The first kappa shape index (κ1) is 14.0. The summed E-state index contributed by atoms with van der Waals surface area (Å²) < 4.78 is 4.98. The number of Topliss-reactive ketones (excluding diaryl/α,β-unsaturated/α-hetero) is 1. The Morgan fingerprint density at radius 3 is 2.70 bits per heavy atom. The molecule has 1 aliphatic heterocycles. The molecule has 0 spiro atoms. The number of fused-ring (bicyclic) bond motifs is 1. The van der Waals surface area contributed by atoms with Crippen molar-refractivity contribution in [3.8, 4) is 5.75 Å². The minimum absolute atomic E-state index is 0.192. The number of carbonyl (C=O) groups excluding carboxylic acids is 2. The second-order valence-corrected chi connectivity index (χ2v) is 4.38. The molecular formula is C13H13NO6. The second kappa shape index (κ2) is 5.30. The molecule has 1 heterocycles. The predicted octanol–water partition coefficient (Wildman–Crippen LogP) is 0.0601. The van der Waals surface area contributed by atoms with E-state index in [4.69, 9.17) is 9.84 Å². The van der Waals surface area contributed by atoms with Crippen LogP contribution in [0.15, 0.2) is 18.2 Å². The SMILES string of the molecule is COc1ccc2c(c1)C(=O)C(=O)N2CC(O)CC(=O)O. The number of aliphatic hydroxyl groups excluding tert-OH is 1. The second-order valence-electron chi connectivity index (χ2n) is 4.38. The lowest BCUT2D eigenvalue weighted by molar-refractivity contribution is -0.139. The van der Waals surface area contributed by atoms with Gasteiger partial charge in [0.05, 0.1) is 37.4 Å². The van der Waals surface area contributed by atoms with Gasteiger partial charge >= 0.3 is 5.97 Å². The highest BCUT2D eigenvalue weighted by Gasteiger charge is 2.37. The van der Waals surface area contributed by atoms with Crippen LogP contribution in [-0.4, -0.2) is 47.6 Å². The van der Waals surface area contributed by atoms with Gasteiger partial charge in [0.25, 0.3) is 11.7 Å². The van der Waals surface area contributed by atoms with E-state index < -0.39 is 30.2 Å². The van der Waals surface area contributed by atoms with Crippen molar-refractivity contribution in [1.29, 1.82) is 0 Å². The van der Waals surface area contributed by atoms with Crippen LogP contribution in [0.25, 0.3) is 0 Å². The number of methoxy groups -OCH3 is 1. The first-order valence-corrected chi connectivity index (χ1v) is 5.88. The maximum atomic E-state index is 11.9. The lowest BCUT2D eigenvalue weighted by atomic mass is 10.1. The van der Waals surface area contributed by atoms with Crippen molar-refractivity contribution < 1.29 is 29.3 Å². The number of carbonyl (C=O) groups is 3. The molecule has 20 heavy (non-hydrogen) atoms. The summed E-state index contributed by atoms with van der Waals surface area (Å²) in [4.78, 5) is 35.3. The number of aliphatic hydroxyl groups is 1. The number of carboxylic acids is 1. The number of benzene rings is 1. The molecule has 0 bridgehead atoms. The fourth-order valence-corrected chi connectivity index (χ4v) is 2.06. The third-order valence-corrected chi connectivity index (χ3v) is 2.98. The molecule has 2 rings (SSSR count). The van der Waals surface area contributed by atoms with E-state index in [0.29, 0.717) is 11.4 Å². The molecule has 0 radical (unpaired) electrons. The van der Waals surface area contributed by atoms with Crippen LogP contribution in [0, 0.1) is 0 Å². The Bertz CT molecular complexity index is 582. The molecule has 1 amide bonds. The summed E-state index contributed by atoms with van der Waals surface area (Å²) in [6.07, 6.45) is -1.74. The summed E-state index contributed by atoms with van der Waals surface area (Å²) in [6.45, 7) is -0.240. The monoisotopic (exact) mass is 279 g/mol. The maximum Gasteiger partial charge on any atom is 0.306 e. The van der Waals surface area contributed by atoms with Crippen molar-refractivity contribution in [3.05, 3.63) is 23.8 Å². The van der Waals surface area contributed by atoms with Crippen LogP contribution in [-0.2, 0) is 9.59 Å². The Balaban J connectivity index is 2.27. The highest BCUT2D eigenvalue weighted by molar-refractivity contribution is 6.52. The smallest absolute Gasteiger partial charge is 0.306 e. The Kier molecular flexibility index (Phi) is 3.71. The Labute approximate surface area is 114 Å². The van der Waals surface area contributed by atoms with Crippen molar-refractivity contribution in [2.75, 3.05) is 18.6 Å². The van der Waals surface area contributed by atoms with Gasteiger partial charge in [0.15, 0.2) is 0 Å². The van der Waals surface area contributed by atoms with Crippen molar-refractivity contribution in [2.45, 2.75) is 12.5 Å². The van der Waals surface area contributed by atoms with Gasteiger partial charge in [-0.2, -0.15) is 0 Å². The molecule has 1 unspecified atom stereocenters. The maximum absolute atomic E-state index is 11.9. The van der Waals surface area contributed by atoms with Crippen LogP contribution in [0.5, 0.6) is 5.75 Å². The summed E-state index contributed by atoms with van der Waals surface area (Å²) in [5.41, 5.74) is 0.544. The van der Waals surface area contributed by atoms with E-state index in [1.807, 2.05) is 0 Å². The minimum Gasteiger partial charge on any atom is -0.497 e. The molecule has 1 aromatic carbocycles. The van der Waals surface area contributed by atoms with E-state index in [1.54, 1.807) is 6.07 Å². The molecule has 0 aliphatic carbocycles. The van der Waals surface area contributed by atoms with Crippen molar-refractivity contribution in [2.24, 2.45) is 0 Å². The molecule has 106 valence electrons. The number of ketones is 1. The number of aliphatic carboxylic acids is 1. The number of nitrogens with zero attached hydrogens (tertiary/aromatic N) is 1. The van der Waals surface area contributed by atoms with Gasteiger partial charge in [0.2, 0.25) is 0 Å². The van der Waals surface area contributed by atoms with E-state index in [-0.39, 0.29) is 12.1 Å². The molecule has 0 fully saturated rings. The fraction of sp³-hybridized carbons (Fsp3) is 0.308. The molecule has 7 heteroatoms. The molecular weight excluding hydrogens is 266 g/mol. The average Bonchev–Trinajstić information content (AvgIpc) is 2.62. The molecule has 2 N–H and O–H groups in total. The molecule has 1 aromatic rings. The third kappa shape index (κ3) is 2.48. The van der Waals surface area contributed by atoms with Crippen LogP contribution in [0.3, 0.4) is 0 Å². The zero-order valence-corrected chi connectivity index (χ0v) is 10.7. The highest BCUT2D eigenvalue weighted by atomic mass is 16.5. The van der Waals surface area contributed by atoms with Gasteiger partial charge in [-0.05, 0) is 18.2 Å². The molecule has 7 nitrogen and oxygen atoms in total. The van der Waals surface area contributed by atoms with E-state index in [9.17, 15) is 19.5 Å². The zero-order chi connectivity index (χ0) is 14.9. The average molecular weight is 279 g/mol. The standard InChI is InChI=1S/C13H13NO6/c1-20-8-2-3-10-9(5-8)12(18)13(19)14(10)6-7(15)4-11(16)17/h2-3,5,7,15H,4,6H2,1H3,(H,16,17). The fourth-order valence-electron chi connectivity index (χ4n) is 2.06. The first-order chi connectivity index (χ1) is 9.43. The van der Waals surface area contributed by atoms with Crippen LogP contribution in [0.4, 0.5) is 5.69 Å². The summed E-state index contributed by atoms with van der Waals surface area (Å²) in [5.74, 6) is -2.21. The van der Waals surface area contributed by atoms with Gasteiger partial charge in [0.1, 0.15) is 5.75 Å². The number of hydrogen-bond acceptors (Lipinski definition) is 5. The van der Waals surface area contributed by atoms with Gasteiger partial charge in [0, 0.05) is 0 Å². The Hall–Kier alpha value is -2.41. The third-order valence-electron chi connectivity index (χ3n) is 2.98. The lowest BCUT2D eigenvalue weighted by Gasteiger charge is -2.19. The molecule has 0 aromatic heterocycles. The van der Waals surface area contributed by atoms with Gasteiger partial charge in [-0.25, -0.2) is 0 Å². The highest BCUT2D eigenvalue weighted by Crippen LogP contribution is 2.32. The van der Waals surface area contributed by atoms with Crippen molar-refractivity contribution in [3.63, 3.8) is 0 Å². The van der Waals surface area contributed by atoms with Crippen molar-refractivity contribution in [1.82, 2.24) is 0 Å². The number of carboxylic acid groups (broad SMARTS) is 1. The van der Waals surface area contributed by atoms with Crippen molar-refractivity contribution >= 4 is 23.3 Å². The molecule has 0 saturated carbocycles. The molecule has 1 atom stereocenters. The summed E-state index contributed by atoms with van der Waals surface area (Å²) in [5, 5.41) is 18.2. The lowest BCUT2D eigenvalue weighted by Crippen LogP contribution is -2.37. The quantitative estimate of drug-likeness (QED) is 0.739. The summed E-state index contributed by atoms with van der Waals surface area (Å²) >= 11 is 0. The van der Waals surface area contributed by atoms with E-state index in [1.165, 1.54) is 19.2 Å². The predicted molar refractivity (Wildman–Crippen MR) is 67.9 cm³/mol. The van der Waals surface area contributed by atoms with Gasteiger partial charge in [-0.1, -0.05) is 0 Å². The minimum atomic E-state index is -1.24. The number of hydrogen-bond donors (Lipinski definition) is 2. The summed E-state index contributed by atoms with van der Waals surface area (Å²) in [6, 6.07) is 4.56. The largest absolute Gasteiger partial charge is 0.497 e. The van der Waals surface area contributed by atoms with Crippen LogP contribution in [0.2, 0.25) is 0 Å². The number of β-amino-alcohol motifs (C(OH)–C–C–N with tert-alkyl or cyclic N) is 1. The Morgan fingerprint density at radius 2 is 2.10 bits per heavy atom. The number of rotatable bonds is 5. The molecule has 0 saturated heterocycles. The topological polar surface area (TPSA) is 104 Å². The zero-order valence-electron chi connectivity index (χ0n) is 10.7. The first-order valence-electron chi connectivity index (χ1n) is 5.88. The van der Waals surface area contributed by atoms with Gasteiger partial charge in [-0.3, -0.25) is 14.4 Å². The summed E-state index contributed by atoms with van der Waals surface area (Å²) in [7, 11) is 1.44. The van der Waals surface area contributed by atoms with E-state index in [2.05, 4.69) is 0 Å². The Morgan fingerprint density at radius 1 is 1.40 bits per heavy atom. The van der Waals surface area contributed by atoms with Gasteiger partial charge in [-0.15, -0.1) is 0 Å². The number of anilines is 1. The van der Waals surface area contributed by atoms with Gasteiger partial charge < -0.3 is 19.8 Å².